The van der Waals surface area contributed by atoms with Gasteiger partial charge in [0.05, 0.1) is 0 Å². The maximum absolute atomic E-state index is 2.44. The summed E-state index contributed by atoms with van der Waals surface area (Å²) in [5, 5.41) is 10.7. The van der Waals surface area contributed by atoms with Crippen molar-refractivity contribution in [2.24, 2.45) is 0 Å². The third-order valence-corrected chi connectivity index (χ3v) is 25.2. The van der Waals surface area contributed by atoms with Gasteiger partial charge in [-0.2, -0.15) is 0 Å². The standard InChI is InChI=1S/C65H49N3.C53H40N2/c1-65(2)61-25-15-16-50-26-27-51-44-60(45-62(65)64(51)63(50)61)68(58-40-32-48(33-41-58)46-28-36-56(37-29-46)66(52-17-7-3-8-18-52)53-19-9-4-10-20-53)59-42-34-49(35-43-59)47-30-38-57(39-31-47)67(54-21-11-5-12-22-54)55-23-13-6-14-24-55;1-53(2)49-20-12-15-41-21-22-42-35-48(36-50(53)52(42)51(41)49)55(46-31-23-38(24-32-46)37-13-6-3-7-14-37)47-33-27-40(28-34-47)39-25-29-45(30-26-39)54(43-16-8-4-9-17-43)44-18-10-5-11-19-44/h3-45H,1-2H3;3-36H,1-2H3. The molecule has 586 valence electrons. The Labute approximate surface area is 720 Å². The van der Waals surface area contributed by atoms with Gasteiger partial charge in [0, 0.05) is 96.1 Å². The summed E-state index contributed by atoms with van der Waals surface area (Å²) in [6.45, 7) is 9.50. The monoisotopic (exact) mass is 1580 g/mol. The molecule has 0 aliphatic heterocycles. The van der Waals surface area contributed by atoms with Crippen LogP contribution in [-0.4, -0.2) is 0 Å². The Balaban J connectivity index is 0.000000155. The molecule has 0 radical (unpaired) electrons. The largest absolute Gasteiger partial charge is 0.311 e. The molecule has 123 heavy (non-hydrogen) atoms. The van der Waals surface area contributed by atoms with Crippen LogP contribution in [-0.2, 0) is 10.8 Å². The Morgan fingerprint density at radius 2 is 0.309 bits per heavy atom. The Hall–Kier alpha value is -15.6. The molecule has 20 aromatic carbocycles. The first kappa shape index (κ1) is 74.9. The van der Waals surface area contributed by atoms with Gasteiger partial charge in [-0.3, -0.25) is 0 Å². The van der Waals surface area contributed by atoms with E-state index in [0.717, 1.165) is 85.3 Å². The highest BCUT2D eigenvalue weighted by Gasteiger charge is 2.37. The minimum Gasteiger partial charge on any atom is -0.311 e. The van der Waals surface area contributed by atoms with E-state index in [9.17, 15) is 0 Å². The molecule has 0 heterocycles. The smallest absolute Gasteiger partial charge is 0.0471 e. The number of benzene rings is 20. The highest BCUT2D eigenvalue weighted by atomic mass is 15.2. The van der Waals surface area contributed by atoms with E-state index < -0.39 is 0 Å². The lowest BCUT2D eigenvalue weighted by atomic mass is 9.81. The molecule has 0 atom stereocenters. The first-order valence-electron chi connectivity index (χ1n) is 42.6. The second-order valence-electron chi connectivity index (χ2n) is 33.3. The topological polar surface area (TPSA) is 16.2 Å². The summed E-state index contributed by atoms with van der Waals surface area (Å²) in [6.07, 6.45) is 0. The lowest BCUT2D eigenvalue weighted by Gasteiger charge is -2.29. The second-order valence-corrected chi connectivity index (χ2v) is 33.3. The molecule has 0 fully saturated rings. The number of hydrogen-bond donors (Lipinski definition) is 0. The lowest BCUT2D eigenvalue weighted by molar-refractivity contribution is 0.662. The average molecular weight is 1580 g/mol. The Morgan fingerprint density at radius 3 is 0.537 bits per heavy atom. The van der Waals surface area contributed by atoms with E-state index in [0.29, 0.717) is 0 Å². The summed E-state index contributed by atoms with van der Waals surface area (Å²) in [7, 11) is 0. The Kier molecular flexibility index (Phi) is 19.3. The normalized spacial score (nSPS) is 12.5. The molecule has 0 bridgehead atoms. The van der Waals surface area contributed by atoms with Crippen LogP contribution in [0, 0.1) is 0 Å². The molecule has 0 spiro atoms. The van der Waals surface area contributed by atoms with Crippen LogP contribution in [0.2, 0.25) is 0 Å². The van der Waals surface area contributed by atoms with E-state index in [1.807, 2.05) is 0 Å². The minimum absolute atomic E-state index is 0.104. The van der Waals surface area contributed by atoms with Crippen molar-refractivity contribution in [2.45, 2.75) is 38.5 Å². The summed E-state index contributed by atoms with van der Waals surface area (Å²) in [5.74, 6) is 0. The van der Waals surface area contributed by atoms with Gasteiger partial charge in [0.1, 0.15) is 0 Å². The minimum atomic E-state index is -0.137. The van der Waals surface area contributed by atoms with Crippen LogP contribution >= 0.6 is 0 Å². The van der Waals surface area contributed by atoms with Crippen LogP contribution in [0.1, 0.15) is 49.9 Å². The van der Waals surface area contributed by atoms with Crippen LogP contribution in [0.5, 0.6) is 0 Å². The molecule has 0 N–H and O–H groups in total. The van der Waals surface area contributed by atoms with Gasteiger partial charge in [0.2, 0.25) is 0 Å². The predicted molar refractivity (Wildman–Crippen MR) is 522 cm³/mol. The first-order valence-corrected chi connectivity index (χ1v) is 42.6. The molecule has 2 aliphatic carbocycles. The van der Waals surface area contributed by atoms with E-state index in [4.69, 9.17) is 0 Å². The third-order valence-electron chi connectivity index (χ3n) is 25.2. The summed E-state index contributed by atoms with van der Waals surface area (Å²) < 4.78 is 0. The van der Waals surface area contributed by atoms with E-state index in [1.54, 1.807) is 0 Å². The van der Waals surface area contributed by atoms with E-state index in [2.05, 4.69) is 519 Å². The van der Waals surface area contributed by atoms with Crippen LogP contribution in [0.3, 0.4) is 0 Å². The SMILES string of the molecule is CC1(C)c2cccc3ccc4cc(N(c5ccc(-c6ccc(N(c7ccccc7)c7ccccc7)cc6)cc5)c5ccc(-c6ccc(N(c7ccccc7)c7ccccc7)cc6)cc5)cc1c4c23.CC1(C)c2cccc3ccc4cc(N(c5ccc(-c6ccccc6)cc5)c5ccc(-c6ccc(N(c7ccccc7)c7ccccc7)cc6)cc5)cc1c4c23. The van der Waals surface area contributed by atoms with Crippen molar-refractivity contribution in [1.82, 2.24) is 0 Å². The summed E-state index contributed by atoms with van der Waals surface area (Å²) in [4.78, 5) is 11.7. The fourth-order valence-electron chi connectivity index (χ4n) is 19.0. The van der Waals surface area contributed by atoms with Crippen molar-refractivity contribution in [2.75, 3.05) is 24.5 Å². The van der Waals surface area contributed by atoms with Crippen LogP contribution in [0.25, 0.3) is 87.6 Å². The zero-order valence-corrected chi connectivity index (χ0v) is 69.2. The highest BCUT2D eigenvalue weighted by Crippen LogP contribution is 2.54. The molecule has 0 unspecified atom stereocenters. The van der Waals surface area contributed by atoms with Crippen LogP contribution < -0.4 is 24.5 Å². The van der Waals surface area contributed by atoms with E-state index in [-0.39, 0.29) is 10.8 Å². The van der Waals surface area contributed by atoms with Crippen LogP contribution in [0.15, 0.2) is 467 Å². The summed E-state index contributed by atoms with van der Waals surface area (Å²) in [5.41, 5.74) is 31.6. The molecule has 20 aromatic rings. The molecule has 0 saturated carbocycles. The van der Waals surface area contributed by atoms with E-state index in [1.165, 1.54) is 110 Å². The van der Waals surface area contributed by atoms with Crippen LogP contribution in [0.4, 0.5) is 85.3 Å². The highest BCUT2D eigenvalue weighted by molar-refractivity contribution is 6.17. The van der Waals surface area contributed by atoms with Crippen molar-refractivity contribution >= 4 is 128 Å². The first-order chi connectivity index (χ1) is 60.5. The van der Waals surface area contributed by atoms with Crippen molar-refractivity contribution in [1.29, 1.82) is 0 Å². The molecular formula is C118H89N5. The lowest BCUT2D eigenvalue weighted by Crippen LogP contribution is -2.17. The number of anilines is 15. The van der Waals surface area contributed by atoms with Gasteiger partial charge < -0.3 is 24.5 Å². The van der Waals surface area contributed by atoms with Gasteiger partial charge in [-0.05, 0) is 292 Å². The molecule has 22 rings (SSSR count). The van der Waals surface area contributed by atoms with Gasteiger partial charge >= 0.3 is 0 Å². The molecule has 0 aromatic heterocycles. The fourth-order valence-corrected chi connectivity index (χ4v) is 19.0. The van der Waals surface area contributed by atoms with Crippen molar-refractivity contribution in [3.63, 3.8) is 0 Å². The van der Waals surface area contributed by atoms with Gasteiger partial charge in [-0.15, -0.1) is 0 Å². The Morgan fingerprint density at radius 1 is 0.130 bits per heavy atom. The summed E-state index contributed by atoms with van der Waals surface area (Å²) in [6, 6.07) is 169. The van der Waals surface area contributed by atoms with Gasteiger partial charge in [0.15, 0.2) is 0 Å². The molecular weight excluding hydrogens is 1490 g/mol. The van der Waals surface area contributed by atoms with Crippen molar-refractivity contribution in [3.8, 4) is 44.5 Å². The molecule has 2 aliphatic rings. The number of rotatable bonds is 19. The fraction of sp³-hybridized carbons (Fsp3) is 0.0508. The predicted octanol–water partition coefficient (Wildman–Crippen LogP) is 33.3. The molecule has 0 amide bonds. The number of nitrogens with zero attached hydrogens (tertiary/aromatic N) is 5. The van der Waals surface area contributed by atoms with Gasteiger partial charge in [-0.25, -0.2) is 0 Å². The quantitative estimate of drug-likeness (QED) is 0.0748. The third kappa shape index (κ3) is 14.0. The van der Waals surface area contributed by atoms with Crippen molar-refractivity contribution in [3.05, 3.63) is 489 Å². The van der Waals surface area contributed by atoms with Crippen molar-refractivity contribution < 1.29 is 0 Å². The zero-order valence-electron chi connectivity index (χ0n) is 69.2. The number of para-hydroxylation sites is 6. The summed E-state index contributed by atoms with van der Waals surface area (Å²) >= 11 is 0. The average Bonchev–Trinajstić information content (AvgIpc) is 1.52. The number of hydrogen-bond acceptors (Lipinski definition) is 5. The Bertz CT molecular complexity index is 6910. The molecule has 0 saturated heterocycles. The second kappa shape index (κ2) is 31.6. The van der Waals surface area contributed by atoms with Gasteiger partial charge in [-0.1, -0.05) is 313 Å². The maximum Gasteiger partial charge on any atom is 0.0471 e. The maximum atomic E-state index is 2.44. The van der Waals surface area contributed by atoms with Gasteiger partial charge in [0.25, 0.3) is 0 Å². The molecule has 5 heteroatoms. The zero-order chi connectivity index (χ0) is 82.5. The van der Waals surface area contributed by atoms with E-state index >= 15 is 0 Å². The molecule has 5 nitrogen and oxygen atoms in total.